The Hall–Kier alpha value is -2.36. The highest BCUT2D eigenvalue weighted by Crippen LogP contribution is 2.20. The third-order valence-corrected chi connectivity index (χ3v) is 3.59. The van der Waals surface area contributed by atoms with Gasteiger partial charge in [0.1, 0.15) is 5.82 Å². The molecule has 0 unspecified atom stereocenters. The lowest BCUT2D eigenvalue weighted by Gasteiger charge is -2.11. The van der Waals surface area contributed by atoms with E-state index in [-0.39, 0.29) is 6.03 Å². The van der Waals surface area contributed by atoms with Crippen molar-refractivity contribution in [3.8, 4) is 0 Å². The Bertz CT molecular complexity index is 608. The summed E-state index contributed by atoms with van der Waals surface area (Å²) in [6.07, 6.45) is 2.76. The molecule has 2 amide bonds. The Labute approximate surface area is 125 Å². The maximum Gasteiger partial charge on any atom is 0.324 e. The van der Waals surface area contributed by atoms with Crippen molar-refractivity contribution in [3.05, 3.63) is 53.7 Å². The van der Waals surface area contributed by atoms with Crippen LogP contribution in [0.3, 0.4) is 0 Å². The molecule has 0 aliphatic rings. The Morgan fingerprint density at radius 3 is 2.52 bits per heavy atom. The Morgan fingerprint density at radius 2 is 1.90 bits per heavy atom. The van der Waals surface area contributed by atoms with Crippen LogP contribution in [0.25, 0.3) is 0 Å². The lowest BCUT2D eigenvalue weighted by Crippen LogP contribution is -2.20. The molecule has 21 heavy (non-hydrogen) atoms. The number of rotatable bonds is 4. The summed E-state index contributed by atoms with van der Waals surface area (Å²) < 4.78 is 0. The number of hydrogen-bond acceptors (Lipinski definition) is 2. The Balaban J connectivity index is 1.98. The van der Waals surface area contributed by atoms with Crippen molar-refractivity contribution < 1.29 is 4.79 Å². The van der Waals surface area contributed by atoms with Crippen LogP contribution in [0, 0.1) is 6.92 Å². The van der Waals surface area contributed by atoms with Gasteiger partial charge in [0.05, 0.1) is 0 Å². The molecule has 0 aliphatic carbocycles. The number of nitrogens with one attached hydrogen (secondary N) is 2. The molecule has 0 saturated heterocycles. The van der Waals surface area contributed by atoms with Crippen LogP contribution in [-0.4, -0.2) is 11.0 Å². The fourth-order valence-electron chi connectivity index (χ4n) is 2.02. The lowest BCUT2D eigenvalue weighted by atomic mass is 9.99. The summed E-state index contributed by atoms with van der Waals surface area (Å²) in [7, 11) is 0. The van der Waals surface area contributed by atoms with Crippen molar-refractivity contribution in [2.75, 3.05) is 10.6 Å². The molecule has 110 valence electrons. The molecule has 0 spiro atoms. The number of pyridine rings is 1. The van der Waals surface area contributed by atoms with Gasteiger partial charge in [-0.1, -0.05) is 32.0 Å². The minimum Gasteiger partial charge on any atom is -0.308 e. The molecule has 1 aromatic heterocycles. The van der Waals surface area contributed by atoms with Crippen molar-refractivity contribution in [1.29, 1.82) is 0 Å². The van der Waals surface area contributed by atoms with E-state index in [0.29, 0.717) is 11.7 Å². The number of benzene rings is 1. The van der Waals surface area contributed by atoms with Gasteiger partial charge in [0, 0.05) is 11.9 Å². The fraction of sp³-hybridized carbons (Fsp3) is 0.294. The maximum absolute atomic E-state index is 11.9. The molecule has 0 bridgehead atoms. The quantitative estimate of drug-likeness (QED) is 0.865. The zero-order valence-electron chi connectivity index (χ0n) is 12.7. The molecule has 4 heteroatoms. The van der Waals surface area contributed by atoms with Crippen molar-refractivity contribution >= 4 is 17.5 Å². The van der Waals surface area contributed by atoms with Crippen LogP contribution in [0.4, 0.5) is 16.3 Å². The first-order valence-corrected chi connectivity index (χ1v) is 7.19. The van der Waals surface area contributed by atoms with Crippen LogP contribution in [0.15, 0.2) is 42.6 Å². The summed E-state index contributed by atoms with van der Waals surface area (Å²) >= 11 is 0. The van der Waals surface area contributed by atoms with Gasteiger partial charge in [-0.2, -0.15) is 0 Å². The zero-order chi connectivity index (χ0) is 15.2. The minimum atomic E-state index is -0.284. The van der Waals surface area contributed by atoms with Gasteiger partial charge in [0.2, 0.25) is 0 Å². The molecule has 1 aromatic carbocycles. The normalized spacial score (nSPS) is 11.8. The van der Waals surface area contributed by atoms with Crippen molar-refractivity contribution in [1.82, 2.24) is 4.98 Å². The summed E-state index contributed by atoms with van der Waals surface area (Å²) in [6.45, 7) is 6.27. The van der Waals surface area contributed by atoms with E-state index >= 15 is 0 Å². The average Bonchev–Trinajstić information content (AvgIpc) is 2.49. The van der Waals surface area contributed by atoms with Gasteiger partial charge in [0.15, 0.2) is 0 Å². The number of amides is 2. The molecule has 0 saturated carbocycles. The average molecular weight is 283 g/mol. The van der Waals surface area contributed by atoms with Gasteiger partial charge in [-0.15, -0.1) is 0 Å². The van der Waals surface area contributed by atoms with Crippen LogP contribution in [0.1, 0.15) is 37.3 Å². The second kappa shape index (κ2) is 6.88. The van der Waals surface area contributed by atoms with Crippen molar-refractivity contribution in [2.45, 2.75) is 33.1 Å². The second-order valence-electron chi connectivity index (χ2n) is 5.18. The molecule has 2 aromatic rings. The molecule has 2 rings (SSSR count). The van der Waals surface area contributed by atoms with Gasteiger partial charge in [-0.25, -0.2) is 9.78 Å². The van der Waals surface area contributed by atoms with E-state index in [1.807, 2.05) is 31.2 Å². The van der Waals surface area contributed by atoms with E-state index in [2.05, 4.69) is 41.6 Å². The van der Waals surface area contributed by atoms with Gasteiger partial charge in [-0.3, -0.25) is 5.32 Å². The maximum atomic E-state index is 11.9. The first kappa shape index (κ1) is 15.0. The predicted molar refractivity (Wildman–Crippen MR) is 86.8 cm³/mol. The molecule has 0 fully saturated rings. The molecule has 0 radical (unpaired) electrons. The number of carbonyl (C=O) groups is 1. The molecular formula is C17H21N3O. The van der Waals surface area contributed by atoms with Gasteiger partial charge >= 0.3 is 6.03 Å². The minimum absolute atomic E-state index is 0.284. The van der Waals surface area contributed by atoms with Gasteiger partial charge < -0.3 is 5.32 Å². The van der Waals surface area contributed by atoms with E-state index in [0.717, 1.165) is 17.7 Å². The third-order valence-electron chi connectivity index (χ3n) is 3.59. The Kier molecular flexibility index (Phi) is 4.93. The molecule has 2 N–H and O–H groups in total. The SMILES string of the molecule is CC[C@H](C)c1ccc(NC(=O)Nc2ncccc2C)cc1. The Morgan fingerprint density at radius 1 is 1.19 bits per heavy atom. The second-order valence-corrected chi connectivity index (χ2v) is 5.18. The van der Waals surface area contributed by atoms with Crippen LogP contribution < -0.4 is 10.6 Å². The molecule has 4 nitrogen and oxygen atoms in total. The van der Waals surface area contributed by atoms with Gasteiger partial charge in [-0.05, 0) is 48.6 Å². The van der Waals surface area contributed by atoms with Crippen LogP contribution in [0.2, 0.25) is 0 Å². The molecular weight excluding hydrogens is 262 g/mol. The first-order valence-electron chi connectivity index (χ1n) is 7.19. The number of aryl methyl sites for hydroxylation is 1. The highest BCUT2D eigenvalue weighted by molar-refractivity contribution is 5.99. The smallest absolute Gasteiger partial charge is 0.308 e. The van der Waals surface area contributed by atoms with Crippen LogP contribution >= 0.6 is 0 Å². The van der Waals surface area contributed by atoms with Crippen molar-refractivity contribution in [3.63, 3.8) is 0 Å². The van der Waals surface area contributed by atoms with Crippen LogP contribution in [0.5, 0.6) is 0 Å². The van der Waals surface area contributed by atoms with Gasteiger partial charge in [0.25, 0.3) is 0 Å². The number of nitrogens with zero attached hydrogens (tertiary/aromatic N) is 1. The highest BCUT2D eigenvalue weighted by Gasteiger charge is 2.06. The monoisotopic (exact) mass is 283 g/mol. The number of carbonyl (C=O) groups excluding carboxylic acids is 1. The van der Waals surface area contributed by atoms with E-state index in [9.17, 15) is 4.79 Å². The molecule has 1 atom stereocenters. The zero-order valence-corrected chi connectivity index (χ0v) is 12.7. The number of hydrogen-bond donors (Lipinski definition) is 2. The summed E-state index contributed by atoms with van der Waals surface area (Å²) in [5.41, 5.74) is 2.98. The summed E-state index contributed by atoms with van der Waals surface area (Å²) in [5.74, 6) is 1.11. The molecule has 0 aliphatic heterocycles. The molecule has 1 heterocycles. The van der Waals surface area contributed by atoms with E-state index < -0.39 is 0 Å². The number of urea groups is 1. The summed E-state index contributed by atoms with van der Waals surface area (Å²) in [6, 6.07) is 11.4. The largest absolute Gasteiger partial charge is 0.324 e. The third kappa shape index (κ3) is 4.05. The highest BCUT2D eigenvalue weighted by atomic mass is 16.2. The van der Waals surface area contributed by atoms with Crippen LogP contribution in [-0.2, 0) is 0 Å². The van der Waals surface area contributed by atoms with Crippen molar-refractivity contribution in [2.24, 2.45) is 0 Å². The summed E-state index contributed by atoms with van der Waals surface area (Å²) in [5, 5.41) is 5.56. The standard InChI is InChI=1S/C17H21N3O/c1-4-12(2)14-7-9-15(10-8-14)19-17(21)20-16-13(3)6-5-11-18-16/h5-12H,4H2,1-3H3,(H2,18,19,20,21)/t12-/m0/s1. The van der Waals surface area contributed by atoms with E-state index in [1.54, 1.807) is 6.20 Å². The first-order chi connectivity index (χ1) is 10.1. The lowest BCUT2D eigenvalue weighted by molar-refractivity contribution is 0.262. The number of aromatic nitrogens is 1. The summed E-state index contributed by atoms with van der Waals surface area (Å²) in [4.78, 5) is 16.1. The predicted octanol–water partition coefficient (Wildman–Crippen LogP) is 4.55. The topological polar surface area (TPSA) is 54.0 Å². The van der Waals surface area contributed by atoms with E-state index in [1.165, 1.54) is 5.56 Å². The van der Waals surface area contributed by atoms with E-state index in [4.69, 9.17) is 0 Å². The number of anilines is 2. The fourth-order valence-corrected chi connectivity index (χ4v) is 2.02.